The molecule has 0 aliphatic rings. The SMILES string of the molecule is CCCCCCC=C=Cc1cccs1. The molecule has 0 amide bonds. The molecule has 14 heavy (non-hydrogen) atoms. The normalized spacial score (nSPS) is 9.50. The van der Waals surface area contributed by atoms with Crippen molar-refractivity contribution in [1.82, 2.24) is 0 Å². The van der Waals surface area contributed by atoms with Gasteiger partial charge in [0.2, 0.25) is 0 Å². The molecule has 0 fully saturated rings. The van der Waals surface area contributed by atoms with Crippen molar-refractivity contribution in [3.8, 4) is 0 Å². The minimum absolute atomic E-state index is 1.17. The van der Waals surface area contributed by atoms with Crippen molar-refractivity contribution >= 4 is 17.4 Å². The van der Waals surface area contributed by atoms with Gasteiger partial charge in [0.15, 0.2) is 0 Å². The Bertz CT molecular complexity index is 276. The molecule has 0 spiro atoms. The largest absolute Gasteiger partial charge is 0.144 e. The highest BCUT2D eigenvalue weighted by Gasteiger charge is 1.84. The Kier molecular flexibility index (Phi) is 6.14. The van der Waals surface area contributed by atoms with Crippen LogP contribution < -0.4 is 0 Å². The molecular weight excluding hydrogens is 188 g/mol. The van der Waals surface area contributed by atoms with Gasteiger partial charge in [0, 0.05) is 4.88 Å². The Morgan fingerprint density at radius 1 is 1.36 bits per heavy atom. The van der Waals surface area contributed by atoms with Crippen LogP contribution in [0.3, 0.4) is 0 Å². The van der Waals surface area contributed by atoms with Crippen molar-refractivity contribution in [2.75, 3.05) is 0 Å². The zero-order valence-corrected chi connectivity index (χ0v) is 9.65. The molecule has 0 N–H and O–H groups in total. The van der Waals surface area contributed by atoms with E-state index in [4.69, 9.17) is 0 Å². The van der Waals surface area contributed by atoms with E-state index in [1.165, 1.54) is 37.0 Å². The Balaban J connectivity index is 2.14. The quantitative estimate of drug-likeness (QED) is 0.459. The number of hydrogen-bond acceptors (Lipinski definition) is 1. The zero-order chi connectivity index (χ0) is 10.1. The number of rotatable bonds is 6. The summed E-state index contributed by atoms with van der Waals surface area (Å²) in [6.07, 6.45) is 10.7. The molecule has 1 rings (SSSR count). The average Bonchev–Trinajstić information content (AvgIpc) is 2.69. The average molecular weight is 206 g/mol. The van der Waals surface area contributed by atoms with Crippen molar-refractivity contribution in [3.63, 3.8) is 0 Å². The van der Waals surface area contributed by atoms with Crippen LogP contribution in [0.2, 0.25) is 0 Å². The molecule has 0 aromatic carbocycles. The minimum Gasteiger partial charge on any atom is -0.144 e. The number of unbranched alkanes of at least 4 members (excludes halogenated alkanes) is 4. The van der Waals surface area contributed by atoms with Gasteiger partial charge in [-0.3, -0.25) is 0 Å². The second kappa shape index (κ2) is 7.61. The lowest BCUT2D eigenvalue weighted by Gasteiger charge is -1.91. The molecule has 1 aromatic rings. The zero-order valence-electron chi connectivity index (χ0n) is 8.83. The molecule has 1 aromatic heterocycles. The summed E-state index contributed by atoms with van der Waals surface area (Å²) >= 11 is 1.76. The van der Waals surface area contributed by atoms with E-state index in [0.29, 0.717) is 0 Å². The predicted octanol–water partition coefficient (Wildman–Crippen LogP) is 4.89. The lowest BCUT2D eigenvalue weighted by Crippen LogP contribution is -1.72. The Labute approximate surface area is 91.0 Å². The maximum Gasteiger partial charge on any atom is 0.0347 e. The first-order valence-electron chi connectivity index (χ1n) is 5.38. The van der Waals surface area contributed by atoms with E-state index in [9.17, 15) is 0 Å². The highest BCUT2D eigenvalue weighted by molar-refractivity contribution is 7.10. The lowest BCUT2D eigenvalue weighted by atomic mass is 10.1. The smallest absolute Gasteiger partial charge is 0.0347 e. The van der Waals surface area contributed by atoms with Gasteiger partial charge in [-0.2, -0.15) is 0 Å². The molecular formula is C13H18S. The molecule has 0 saturated heterocycles. The lowest BCUT2D eigenvalue weighted by molar-refractivity contribution is 0.675. The summed E-state index contributed by atoms with van der Waals surface area (Å²) in [5, 5.41) is 2.09. The van der Waals surface area contributed by atoms with Gasteiger partial charge in [0.25, 0.3) is 0 Å². The van der Waals surface area contributed by atoms with E-state index in [2.05, 4.69) is 42.3 Å². The molecule has 0 aliphatic carbocycles. The second-order valence-corrected chi connectivity index (χ2v) is 4.36. The highest BCUT2D eigenvalue weighted by atomic mass is 32.1. The molecule has 0 saturated carbocycles. The maximum absolute atomic E-state index is 3.23. The van der Waals surface area contributed by atoms with Crippen LogP contribution in [0.25, 0.3) is 6.08 Å². The van der Waals surface area contributed by atoms with Gasteiger partial charge in [0.1, 0.15) is 0 Å². The molecule has 0 aliphatic heterocycles. The van der Waals surface area contributed by atoms with Crippen LogP contribution in [-0.4, -0.2) is 0 Å². The summed E-state index contributed by atoms with van der Waals surface area (Å²) in [6.45, 7) is 2.24. The standard InChI is InChI=1S/C13H18S/c1-2-3-4-5-6-7-8-10-13-11-9-12-14-13/h7,9-12H,2-6H2,1H3. The first kappa shape index (κ1) is 11.3. The van der Waals surface area contributed by atoms with Crippen LogP contribution in [0.4, 0.5) is 0 Å². The minimum atomic E-state index is 1.17. The van der Waals surface area contributed by atoms with Crippen molar-refractivity contribution < 1.29 is 0 Å². The van der Waals surface area contributed by atoms with Gasteiger partial charge >= 0.3 is 0 Å². The summed E-state index contributed by atoms with van der Waals surface area (Å²) in [5.41, 5.74) is 3.23. The topological polar surface area (TPSA) is 0 Å². The Morgan fingerprint density at radius 2 is 2.29 bits per heavy atom. The Morgan fingerprint density at radius 3 is 3.00 bits per heavy atom. The molecule has 0 atom stereocenters. The molecule has 1 heterocycles. The molecule has 0 unspecified atom stereocenters. The molecule has 76 valence electrons. The summed E-state index contributed by atoms with van der Waals surface area (Å²) in [6, 6.07) is 4.18. The van der Waals surface area contributed by atoms with Crippen LogP contribution in [0, 0.1) is 0 Å². The summed E-state index contributed by atoms with van der Waals surface area (Å²) in [4.78, 5) is 1.29. The van der Waals surface area contributed by atoms with Crippen molar-refractivity contribution in [1.29, 1.82) is 0 Å². The second-order valence-electron chi connectivity index (χ2n) is 3.38. The van der Waals surface area contributed by atoms with Gasteiger partial charge < -0.3 is 0 Å². The van der Waals surface area contributed by atoms with Crippen LogP contribution in [0.1, 0.15) is 43.9 Å². The van der Waals surface area contributed by atoms with E-state index in [1.54, 1.807) is 11.3 Å². The van der Waals surface area contributed by atoms with E-state index in [1.807, 2.05) is 0 Å². The first-order valence-corrected chi connectivity index (χ1v) is 6.26. The van der Waals surface area contributed by atoms with Crippen molar-refractivity contribution in [2.45, 2.75) is 39.0 Å². The van der Waals surface area contributed by atoms with Gasteiger partial charge in [-0.15, -0.1) is 17.1 Å². The first-order chi connectivity index (χ1) is 6.93. The number of hydrogen-bond donors (Lipinski definition) is 0. The van der Waals surface area contributed by atoms with E-state index in [-0.39, 0.29) is 0 Å². The summed E-state index contributed by atoms with van der Waals surface area (Å²) in [5.74, 6) is 0. The number of thiophene rings is 1. The maximum atomic E-state index is 3.23. The van der Waals surface area contributed by atoms with Crippen molar-refractivity contribution in [3.05, 3.63) is 34.2 Å². The fraction of sp³-hybridized carbons (Fsp3) is 0.462. The van der Waals surface area contributed by atoms with Gasteiger partial charge in [0.05, 0.1) is 0 Å². The van der Waals surface area contributed by atoms with Crippen molar-refractivity contribution in [2.24, 2.45) is 0 Å². The predicted molar refractivity (Wildman–Crippen MR) is 65.6 cm³/mol. The van der Waals surface area contributed by atoms with Crippen LogP contribution >= 0.6 is 11.3 Å². The van der Waals surface area contributed by atoms with Crippen LogP contribution in [-0.2, 0) is 0 Å². The summed E-state index contributed by atoms with van der Waals surface area (Å²) in [7, 11) is 0. The van der Waals surface area contributed by atoms with Crippen LogP contribution in [0.5, 0.6) is 0 Å². The fourth-order valence-electron chi connectivity index (χ4n) is 1.27. The third-order valence-corrected chi connectivity index (χ3v) is 2.91. The molecule has 0 nitrogen and oxygen atoms in total. The molecule has 0 bridgehead atoms. The monoisotopic (exact) mass is 206 g/mol. The van der Waals surface area contributed by atoms with Crippen LogP contribution in [0.15, 0.2) is 29.3 Å². The van der Waals surface area contributed by atoms with Gasteiger partial charge in [-0.25, -0.2) is 0 Å². The van der Waals surface area contributed by atoms with Gasteiger partial charge in [-0.1, -0.05) is 32.3 Å². The van der Waals surface area contributed by atoms with E-state index < -0.39 is 0 Å². The molecule has 1 heteroatoms. The van der Waals surface area contributed by atoms with Gasteiger partial charge in [-0.05, 0) is 36.4 Å². The fourth-order valence-corrected chi connectivity index (χ4v) is 1.88. The molecule has 0 radical (unpaired) electrons. The highest BCUT2D eigenvalue weighted by Crippen LogP contribution is 2.09. The third-order valence-electron chi connectivity index (χ3n) is 2.09. The number of allylic oxidation sites excluding steroid dienone is 1. The van der Waals surface area contributed by atoms with E-state index in [0.717, 1.165) is 0 Å². The Hall–Kier alpha value is -0.780. The third kappa shape index (κ3) is 5.06. The van der Waals surface area contributed by atoms with E-state index >= 15 is 0 Å². The summed E-state index contributed by atoms with van der Waals surface area (Å²) < 4.78 is 0.